The number of aliphatic hydroxyl groups is 3. The van der Waals surface area contributed by atoms with Gasteiger partial charge in [-0.25, -0.2) is 4.79 Å². The van der Waals surface area contributed by atoms with E-state index in [1.807, 2.05) is 0 Å². The average Bonchev–Trinajstić information content (AvgIpc) is 3.20. The zero-order valence-corrected chi connectivity index (χ0v) is 21.0. The standard InChI is InChI=1S/C27H30O11/c1-22-9-14-19-26-17(22)18(30)27(38-26,35-10-13(22)20(31)36-14)12-8-16(29)24(33)6-3-4-15(28)23(24,2)11(12)5-7-25(26,34)21(32)37-19/h3-4,11-14,16-17,19,29,33-34H,5-10H2,1-2H3/t11?,12?,13-,14+,16+,17?,19?,22+,23-,24-,25?,26-,27+/m0/s1. The van der Waals surface area contributed by atoms with Crippen molar-refractivity contribution in [3.05, 3.63) is 12.2 Å². The van der Waals surface area contributed by atoms with Crippen LogP contribution in [0.25, 0.3) is 0 Å². The highest BCUT2D eigenvalue weighted by molar-refractivity contribution is 6.00. The van der Waals surface area contributed by atoms with E-state index in [4.69, 9.17) is 18.9 Å². The van der Waals surface area contributed by atoms with Crippen molar-refractivity contribution < 1.29 is 53.4 Å². The molecule has 5 bridgehead atoms. The van der Waals surface area contributed by atoms with Gasteiger partial charge in [-0.15, -0.1) is 0 Å². The van der Waals surface area contributed by atoms with Gasteiger partial charge in [0.25, 0.3) is 0 Å². The fourth-order valence-corrected chi connectivity index (χ4v) is 10.2. The van der Waals surface area contributed by atoms with Crippen LogP contribution in [0.15, 0.2) is 12.2 Å². The number of carbonyl (C=O) groups excluding carboxylic acids is 4. The predicted molar refractivity (Wildman–Crippen MR) is 121 cm³/mol. The van der Waals surface area contributed by atoms with Gasteiger partial charge >= 0.3 is 11.9 Å². The maximum absolute atomic E-state index is 14.7. The molecule has 0 aromatic heterocycles. The fraction of sp³-hybridized carbons (Fsp3) is 0.778. The third-order valence-electron chi connectivity index (χ3n) is 12.1. The molecule has 11 nitrogen and oxygen atoms in total. The second-order valence-electron chi connectivity index (χ2n) is 13.2. The molecule has 204 valence electrons. The molecule has 11 heteroatoms. The lowest BCUT2D eigenvalue weighted by Crippen LogP contribution is -2.76. The molecule has 0 aromatic rings. The van der Waals surface area contributed by atoms with Crippen molar-refractivity contribution in [2.75, 3.05) is 6.61 Å². The molecule has 3 aliphatic carbocycles. The molecular formula is C27H30O11. The number of aliphatic hydroxyl groups excluding tert-OH is 1. The number of esters is 2. The summed E-state index contributed by atoms with van der Waals surface area (Å²) in [6.45, 7) is 3.15. The van der Waals surface area contributed by atoms with E-state index in [0.29, 0.717) is 0 Å². The molecule has 2 saturated carbocycles. The van der Waals surface area contributed by atoms with Crippen molar-refractivity contribution in [1.29, 1.82) is 0 Å². The monoisotopic (exact) mass is 530 g/mol. The molecular weight excluding hydrogens is 500 g/mol. The van der Waals surface area contributed by atoms with E-state index in [2.05, 4.69) is 0 Å². The Labute approximate surface area is 217 Å². The van der Waals surface area contributed by atoms with E-state index in [9.17, 15) is 34.5 Å². The number of carbonyl (C=O) groups is 4. The summed E-state index contributed by atoms with van der Waals surface area (Å²) in [5.74, 6) is -8.22. The Morgan fingerprint density at radius 1 is 1.05 bits per heavy atom. The maximum Gasteiger partial charge on any atom is 0.341 e. The molecule has 7 fully saturated rings. The zero-order chi connectivity index (χ0) is 26.8. The van der Waals surface area contributed by atoms with Crippen molar-refractivity contribution in [2.45, 2.75) is 86.9 Å². The summed E-state index contributed by atoms with van der Waals surface area (Å²) in [5.41, 5.74) is -8.58. The molecule has 8 aliphatic rings. The first-order chi connectivity index (χ1) is 17.8. The molecule has 0 amide bonds. The van der Waals surface area contributed by atoms with Crippen LogP contribution in [0, 0.1) is 34.5 Å². The van der Waals surface area contributed by atoms with E-state index in [1.165, 1.54) is 12.2 Å². The lowest BCUT2D eigenvalue weighted by molar-refractivity contribution is -0.366. The van der Waals surface area contributed by atoms with E-state index >= 15 is 0 Å². The van der Waals surface area contributed by atoms with Crippen LogP contribution < -0.4 is 0 Å². The molecule has 0 radical (unpaired) electrons. The summed E-state index contributed by atoms with van der Waals surface area (Å²) in [6.07, 6.45) is -0.605. The van der Waals surface area contributed by atoms with E-state index in [1.54, 1.807) is 13.8 Å². The van der Waals surface area contributed by atoms with E-state index in [0.717, 1.165) is 0 Å². The predicted octanol–water partition coefficient (Wildman–Crippen LogP) is -0.667. The van der Waals surface area contributed by atoms with Gasteiger partial charge in [0.05, 0.1) is 30.0 Å². The first-order valence-corrected chi connectivity index (χ1v) is 13.4. The van der Waals surface area contributed by atoms with E-state index < -0.39 is 98.9 Å². The molecule has 3 N–H and O–H groups in total. The van der Waals surface area contributed by atoms with Crippen molar-refractivity contribution in [3.8, 4) is 0 Å². The van der Waals surface area contributed by atoms with Crippen LogP contribution in [0.3, 0.4) is 0 Å². The van der Waals surface area contributed by atoms with Gasteiger partial charge in [0.1, 0.15) is 11.7 Å². The van der Waals surface area contributed by atoms with Crippen LogP contribution in [-0.4, -0.2) is 86.3 Å². The number of allylic oxidation sites excluding steroid dienone is 1. The Morgan fingerprint density at radius 3 is 2.58 bits per heavy atom. The van der Waals surface area contributed by atoms with Gasteiger partial charge < -0.3 is 34.3 Å². The summed E-state index contributed by atoms with van der Waals surface area (Å²) >= 11 is 0. The normalized spacial score (nSPS) is 61.3. The highest BCUT2D eigenvalue weighted by Gasteiger charge is 2.90. The first kappa shape index (κ1) is 23.7. The Morgan fingerprint density at radius 2 is 1.82 bits per heavy atom. The van der Waals surface area contributed by atoms with E-state index in [-0.39, 0.29) is 38.7 Å². The van der Waals surface area contributed by atoms with Crippen LogP contribution in [0.1, 0.15) is 46.0 Å². The molecule has 5 aliphatic heterocycles. The van der Waals surface area contributed by atoms with Crippen LogP contribution in [0.5, 0.6) is 0 Å². The third-order valence-corrected chi connectivity index (χ3v) is 12.1. The Bertz CT molecular complexity index is 1280. The number of Topliss-reactive ketones (excluding diaryl/α,β-unsaturated/α-hetero) is 1. The van der Waals surface area contributed by atoms with Gasteiger partial charge in [-0.3, -0.25) is 14.4 Å². The van der Waals surface area contributed by atoms with Gasteiger partial charge in [0, 0.05) is 5.92 Å². The Kier molecular flexibility index (Phi) is 4.00. The molecule has 5 saturated heterocycles. The molecule has 2 spiro atoms. The van der Waals surface area contributed by atoms with Crippen molar-refractivity contribution in [3.63, 3.8) is 0 Å². The minimum absolute atomic E-state index is 0.0247. The smallest absolute Gasteiger partial charge is 0.341 e. The van der Waals surface area contributed by atoms with Crippen molar-refractivity contribution in [1.82, 2.24) is 0 Å². The second-order valence-corrected chi connectivity index (χ2v) is 13.2. The second kappa shape index (κ2) is 6.41. The van der Waals surface area contributed by atoms with Gasteiger partial charge in [-0.2, -0.15) is 0 Å². The SMILES string of the molecule is C[C@@]12C[C@H]3OC(=O)[C@@H]1CO[C@@]14O[C@]5(C3OC(=O)C5(O)CCC3C1C[C@@H](O)[C@@]1(O)CC=CC(=O)[C@]31C)C2C4=O. The zero-order valence-electron chi connectivity index (χ0n) is 21.0. The third kappa shape index (κ3) is 2.03. The molecule has 0 aromatic carbocycles. The molecule has 13 atom stereocenters. The highest BCUT2D eigenvalue weighted by atomic mass is 16.7. The first-order valence-electron chi connectivity index (χ1n) is 13.4. The van der Waals surface area contributed by atoms with Crippen molar-refractivity contribution >= 4 is 23.5 Å². The minimum atomic E-state index is -2.28. The largest absolute Gasteiger partial charge is 0.458 e. The summed E-state index contributed by atoms with van der Waals surface area (Å²) in [5, 5.41) is 35.4. The Hall–Kier alpha value is -2.18. The minimum Gasteiger partial charge on any atom is -0.458 e. The number of rotatable bonds is 0. The van der Waals surface area contributed by atoms with Crippen LogP contribution >= 0.6 is 0 Å². The lowest BCUT2D eigenvalue weighted by Gasteiger charge is -2.62. The quantitative estimate of drug-likeness (QED) is 0.340. The van der Waals surface area contributed by atoms with Gasteiger partial charge in [0.15, 0.2) is 28.9 Å². The maximum atomic E-state index is 14.7. The van der Waals surface area contributed by atoms with Crippen LogP contribution in [0.4, 0.5) is 0 Å². The highest BCUT2D eigenvalue weighted by Crippen LogP contribution is 2.73. The fourth-order valence-electron chi connectivity index (χ4n) is 10.2. The molecule has 8 rings (SSSR count). The molecule has 5 unspecified atom stereocenters. The summed E-state index contributed by atoms with van der Waals surface area (Å²) in [4.78, 5) is 54.9. The summed E-state index contributed by atoms with van der Waals surface area (Å²) in [7, 11) is 0. The number of fused-ring (bicyclic) bond motifs is 5. The lowest BCUT2D eigenvalue weighted by atomic mass is 9.47. The summed E-state index contributed by atoms with van der Waals surface area (Å²) < 4.78 is 24.5. The van der Waals surface area contributed by atoms with Crippen LogP contribution in [-0.2, 0) is 38.1 Å². The van der Waals surface area contributed by atoms with Crippen LogP contribution in [0.2, 0.25) is 0 Å². The number of ketones is 2. The number of hydrogen-bond acceptors (Lipinski definition) is 11. The number of hydrogen-bond donors (Lipinski definition) is 3. The van der Waals surface area contributed by atoms with Gasteiger partial charge in [-0.1, -0.05) is 13.0 Å². The summed E-state index contributed by atoms with van der Waals surface area (Å²) in [6, 6.07) is 0. The average molecular weight is 531 g/mol. The topological polar surface area (TPSA) is 166 Å². The van der Waals surface area contributed by atoms with Gasteiger partial charge in [-0.05, 0) is 56.4 Å². The molecule has 38 heavy (non-hydrogen) atoms. The molecule has 5 heterocycles. The Balaban J connectivity index is 1.41. The number of ether oxygens (including phenoxy) is 4. The van der Waals surface area contributed by atoms with Gasteiger partial charge in [0.2, 0.25) is 5.79 Å². The van der Waals surface area contributed by atoms with Crippen molar-refractivity contribution in [2.24, 2.45) is 34.5 Å².